The number of piperazine rings is 2. The predicted molar refractivity (Wildman–Crippen MR) is 228 cm³/mol. The van der Waals surface area contributed by atoms with Gasteiger partial charge in [0.1, 0.15) is 12.2 Å². The van der Waals surface area contributed by atoms with E-state index in [0.29, 0.717) is 0 Å². The first-order chi connectivity index (χ1) is 27.1. The number of hydrogen-bond donors (Lipinski definition) is 0. The van der Waals surface area contributed by atoms with Crippen molar-refractivity contribution >= 4 is 11.4 Å². The standard InChI is InChI=1S/C50H54N4O/c1-39-13-9-11-19-47(39)49(43-21-25-45(26-22-43)53-33-29-51(30-34-53)37-41-15-5-3-6-16-41)55-50(48-20-12-10-14-40(48)2)44-23-27-46(28-24-44)54-35-31-52(32-36-54)38-42-17-7-4-8-18-42/h3-28,49-50H,29-38H2,1-2H3. The van der Waals surface area contributed by atoms with Gasteiger partial charge in [0.2, 0.25) is 0 Å². The molecule has 2 aliphatic rings. The summed E-state index contributed by atoms with van der Waals surface area (Å²) < 4.78 is 7.43. The van der Waals surface area contributed by atoms with E-state index in [9.17, 15) is 0 Å². The second kappa shape index (κ2) is 17.5. The van der Waals surface area contributed by atoms with Crippen molar-refractivity contribution in [3.63, 3.8) is 0 Å². The van der Waals surface area contributed by atoms with E-state index in [2.05, 4.69) is 191 Å². The molecule has 0 aliphatic carbocycles. The Kier molecular flexibility index (Phi) is 11.7. The monoisotopic (exact) mass is 726 g/mol. The van der Waals surface area contributed by atoms with Gasteiger partial charge in [-0.1, -0.05) is 133 Å². The van der Waals surface area contributed by atoms with Crippen LogP contribution in [0.5, 0.6) is 0 Å². The first-order valence-electron chi connectivity index (χ1n) is 20.1. The maximum absolute atomic E-state index is 7.43. The van der Waals surface area contributed by atoms with E-state index in [0.717, 1.165) is 65.4 Å². The van der Waals surface area contributed by atoms with Crippen molar-refractivity contribution in [2.45, 2.75) is 39.1 Å². The molecule has 2 atom stereocenters. The molecule has 5 heteroatoms. The van der Waals surface area contributed by atoms with E-state index in [1.807, 2.05) is 0 Å². The molecule has 0 bridgehead atoms. The Morgan fingerprint density at radius 3 is 1.11 bits per heavy atom. The highest BCUT2D eigenvalue weighted by molar-refractivity contribution is 5.51. The summed E-state index contributed by atoms with van der Waals surface area (Å²) in [5.41, 5.74) is 12.5. The van der Waals surface area contributed by atoms with Gasteiger partial charge in [0.25, 0.3) is 0 Å². The molecule has 0 N–H and O–H groups in total. The second-order valence-corrected chi connectivity index (χ2v) is 15.3. The normalized spacial score (nSPS) is 16.5. The molecule has 2 fully saturated rings. The van der Waals surface area contributed by atoms with Crippen LogP contribution in [0.15, 0.2) is 158 Å². The number of ether oxygens (including phenoxy) is 1. The molecule has 0 saturated carbocycles. The van der Waals surface area contributed by atoms with Crippen LogP contribution in [-0.4, -0.2) is 62.2 Å². The highest BCUT2D eigenvalue weighted by atomic mass is 16.5. The highest BCUT2D eigenvalue weighted by Crippen LogP contribution is 2.39. The van der Waals surface area contributed by atoms with Gasteiger partial charge in [0.15, 0.2) is 0 Å². The van der Waals surface area contributed by atoms with Crippen LogP contribution in [0.3, 0.4) is 0 Å². The number of benzene rings is 6. The molecule has 0 amide bonds. The fourth-order valence-corrected chi connectivity index (χ4v) is 8.29. The topological polar surface area (TPSA) is 22.2 Å². The fourth-order valence-electron chi connectivity index (χ4n) is 8.29. The van der Waals surface area contributed by atoms with Gasteiger partial charge >= 0.3 is 0 Å². The summed E-state index contributed by atoms with van der Waals surface area (Å²) in [5, 5.41) is 0. The Morgan fingerprint density at radius 1 is 0.400 bits per heavy atom. The Hall–Kier alpha value is -5.20. The number of hydrogen-bond acceptors (Lipinski definition) is 5. The maximum Gasteiger partial charge on any atom is 0.109 e. The average Bonchev–Trinajstić information content (AvgIpc) is 3.24. The average molecular weight is 727 g/mol. The number of anilines is 2. The maximum atomic E-state index is 7.43. The summed E-state index contributed by atoms with van der Waals surface area (Å²) in [6.45, 7) is 14.8. The van der Waals surface area contributed by atoms with Crippen molar-refractivity contribution in [3.8, 4) is 0 Å². The van der Waals surface area contributed by atoms with Gasteiger partial charge in [-0.15, -0.1) is 0 Å². The lowest BCUT2D eigenvalue weighted by atomic mass is 9.94. The lowest BCUT2D eigenvalue weighted by Gasteiger charge is -2.36. The van der Waals surface area contributed by atoms with Crippen LogP contribution in [0, 0.1) is 13.8 Å². The molecule has 6 aromatic rings. The zero-order valence-corrected chi connectivity index (χ0v) is 32.4. The van der Waals surface area contributed by atoms with Gasteiger partial charge in [0, 0.05) is 76.8 Å². The Balaban J connectivity index is 1.01. The third kappa shape index (κ3) is 9.03. The van der Waals surface area contributed by atoms with E-state index >= 15 is 0 Å². The van der Waals surface area contributed by atoms with Crippen LogP contribution in [0.2, 0.25) is 0 Å². The van der Waals surface area contributed by atoms with Crippen LogP contribution >= 0.6 is 0 Å². The third-order valence-electron chi connectivity index (χ3n) is 11.6. The van der Waals surface area contributed by atoms with Gasteiger partial charge in [-0.3, -0.25) is 9.80 Å². The molecule has 55 heavy (non-hydrogen) atoms. The molecule has 280 valence electrons. The van der Waals surface area contributed by atoms with Crippen LogP contribution in [-0.2, 0) is 17.8 Å². The molecular weight excluding hydrogens is 673 g/mol. The van der Waals surface area contributed by atoms with E-state index in [1.165, 1.54) is 55.9 Å². The van der Waals surface area contributed by atoms with E-state index in [1.54, 1.807) is 0 Å². The van der Waals surface area contributed by atoms with Crippen molar-refractivity contribution in [2.24, 2.45) is 0 Å². The van der Waals surface area contributed by atoms with Crippen molar-refractivity contribution < 1.29 is 4.74 Å². The lowest BCUT2D eigenvalue weighted by Crippen LogP contribution is -2.45. The van der Waals surface area contributed by atoms with Crippen molar-refractivity contribution in [2.75, 3.05) is 62.2 Å². The van der Waals surface area contributed by atoms with Gasteiger partial charge < -0.3 is 14.5 Å². The lowest BCUT2D eigenvalue weighted by molar-refractivity contribution is 0.0302. The Bertz CT molecular complexity index is 1930. The SMILES string of the molecule is Cc1ccccc1C(OC(c1ccc(N2CCN(Cc3ccccc3)CC2)cc1)c1ccccc1C)c1ccc(N2CCN(Cc3ccccc3)CC2)cc1. The van der Waals surface area contributed by atoms with Crippen LogP contribution in [0.25, 0.3) is 0 Å². The summed E-state index contributed by atoms with van der Waals surface area (Å²) in [6, 6.07) is 57.4. The summed E-state index contributed by atoms with van der Waals surface area (Å²) >= 11 is 0. The first kappa shape index (κ1) is 36.8. The quantitative estimate of drug-likeness (QED) is 0.125. The number of nitrogens with zero attached hydrogens (tertiary/aromatic N) is 4. The second-order valence-electron chi connectivity index (χ2n) is 15.3. The minimum Gasteiger partial charge on any atom is -0.369 e. The number of aryl methyl sites for hydroxylation is 2. The first-order valence-corrected chi connectivity index (χ1v) is 20.1. The summed E-state index contributed by atoms with van der Waals surface area (Å²) in [7, 11) is 0. The third-order valence-corrected chi connectivity index (χ3v) is 11.6. The molecule has 5 nitrogen and oxygen atoms in total. The molecule has 6 aromatic carbocycles. The van der Waals surface area contributed by atoms with Crippen molar-refractivity contribution in [1.82, 2.24) is 9.80 Å². The zero-order valence-electron chi connectivity index (χ0n) is 32.4. The largest absolute Gasteiger partial charge is 0.369 e. The molecule has 8 rings (SSSR count). The van der Waals surface area contributed by atoms with Crippen molar-refractivity contribution in [1.29, 1.82) is 0 Å². The Labute approximate surface area is 328 Å². The molecule has 2 unspecified atom stereocenters. The molecule has 2 heterocycles. The van der Waals surface area contributed by atoms with Gasteiger partial charge in [-0.05, 0) is 82.6 Å². The van der Waals surface area contributed by atoms with Crippen LogP contribution < -0.4 is 9.80 Å². The predicted octanol–water partition coefficient (Wildman–Crippen LogP) is 9.84. The molecule has 2 aliphatic heterocycles. The molecule has 0 radical (unpaired) electrons. The Morgan fingerprint density at radius 2 is 0.745 bits per heavy atom. The van der Waals surface area contributed by atoms with Gasteiger partial charge in [0.05, 0.1) is 0 Å². The molecule has 0 aromatic heterocycles. The van der Waals surface area contributed by atoms with Crippen LogP contribution in [0.4, 0.5) is 11.4 Å². The smallest absolute Gasteiger partial charge is 0.109 e. The molecular formula is C50H54N4O. The number of rotatable bonds is 12. The summed E-state index contributed by atoms with van der Waals surface area (Å²) in [6.07, 6.45) is -0.472. The van der Waals surface area contributed by atoms with Crippen LogP contribution in [0.1, 0.15) is 56.7 Å². The van der Waals surface area contributed by atoms with Crippen molar-refractivity contribution in [3.05, 3.63) is 202 Å². The summed E-state index contributed by atoms with van der Waals surface area (Å²) in [4.78, 5) is 10.2. The minimum atomic E-state index is -0.236. The zero-order chi connectivity index (χ0) is 37.4. The minimum absolute atomic E-state index is 0.236. The van der Waals surface area contributed by atoms with E-state index in [4.69, 9.17) is 4.74 Å². The summed E-state index contributed by atoms with van der Waals surface area (Å²) in [5.74, 6) is 0. The molecule has 0 spiro atoms. The van der Waals surface area contributed by atoms with E-state index < -0.39 is 0 Å². The fraction of sp³-hybridized carbons (Fsp3) is 0.280. The van der Waals surface area contributed by atoms with E-state index in [-0.39, 0.29) is 12.2 Å². The highest BCUT2D eigenvalue weighted by Gasteiger charge is 2.27. The van der Waals surface area contributed by atoms with Gasteiger partial charge in [-0.2, -0.15) is 0 Å². The van der Waals surface area contributed by atoms with Gasteiger partial charge in [-0.25, -0.2) is 0 Å². The molecule has 2 saturated heterocycles.